The average Bonchev–Trinajstić information content (AvgIpc) is 3.14. The fourth-order valence-electron chi connectivity index (χ4n) is 2.24. The molecule has 1 N–H and O–H groups in total. The van der Waals surface area contributed by atoms with Gasteiger partial charge in [-0.15, -0.1) is 10.2 Å². The molecule has 5 heteroatoms. The molecule has 0 aliphatic rings. The number of nitrogens with zero attached hydrogens (tertiary/aromatic N) is 2. The van der Waals surface area contributed by atoms with E-state index in [9.17, 15) is 0 Å². The first kappa shape index (κ1) is 14.4. The number of aromatic nitrogens is 2. The molecule has 2 aromatic heterocycles. The van der Waals surface area contributed by atoms with Crippen LogP contribution in [0.3, 0.4) is 0 Å². The van der Waals surface area contributed by atoms with E-state index in [4.69, 9.17) is 0 Å². The highest BCUT2D eigenvalue weighted by molar-refractivity contribution is 7.15. The Kier molecular flexibility index (Phi) is 4.43. The first-order chi connectivity index (χ1) is 10.3. The molecular formula is C16H17N3S2. The van der Waals surface area contributed by atoms with Crippen molar-refractivity contribution >= 4 is 22.7 Å². The largest absolute Gasteiger partial charge is 0.304 e. The number of aryl methyl sites for hydroxylation is 1. The first-order valence-electron chi connectivity index (χ1n) is 6.94. The van der Waals surface area contributed by atoms with Gasteiger partial charge in [0.05, 0.1) is 6.04 Å². The highest BCUT2D eigenvalue weighted by Gasteiger charge is 2.19. The summed E-state index contributed by atoms with van der Waals surface area (Å²) in [6.45, 7) is 5.12. The van der Waals surface area contributed by atoms with Crippen molar-refractivity contribution in [1.82, 2.24) is 15.5 Å². The molecule has 108 valence electrons. The fourth-order valence-corrected chi connectivity index (χ4v) is 4.17. The predicted octanol–water partition coefficient (Wildman–Crippen LogP) is 4.27. The van der Waals surface area contributed by atoms with Crippen LogP contribution in [0.25, 0.3) is 10.6 Å². The lowest BCUT2D eigenvalue weighted by molar-refractivity contribution is 0.621. The van der Waals surface area contributed by atoms with Crippen LogP contribution in [0, 0.1) is 6.92 Å². The molecule has 3 aromatic rings. The second kappa shape index (κ2) is 6.47. The van der Waals surface area contributed by atoms with Crippen LogP contribution in [-0.4, -0.2) is 16.7 Å². The van der Waals surface area contributed by atoms with E-state index in [1.165, 1.54) is 16.7 Å². The highest BCUT2D eigenvalue weighted by atomic mass is 32.1. The Morgan fingerprint density at radius 1 is 1.14 bits per heavy atom. The van der Waals surface area contributed by atoms with E-state index in [1.807, 2.05) is 6.07 Å². The summed E-state index contributed by atoms with van der Waals surface area (Å²) >= 11 is 3.38. The summed E-state index contributed by atoms with van der Waals surface area (Å²) in [5, 5.41) is 18.6. The smallest absolute Gasteiger partial charge is 0.148 e. The zero-order valence-corrected chi connectivity index (χ0v) is 13.7. The van der Waals surface area contributed by atoms with Gasteiger partial charge >= 0.3 is 0 Å². The van der Waals surface area contributed by atoms with Gasteiger partial charge in [-0.1, -0.05) is 48.6 Å². The molecule has 21 heavy (non-hydrogen) atoms. The van der Waals surface area contributed by atoms with E-state index >= 15 is 0 Å². The number of nitrogens with one attached hydrogen (secondary N) is 1. The molecule has 0 aliphatic carbocycles. The third-order valence-electron chi connectivity index (χ3n) is 3.31. The van der Waals surface area contributed by atoms with Gasteiger partial charge in [-0.2, -0.15) is 11.3 Å². The fraction of sp³-hybridized carbons (Fsp3) is 0.250. The van der Waals surface area contributed by atoms with Gasteiger partial charge in [0.2, 0.25) is 0 Å². The third-order valence-corrected chi connectivity index (χ3v) is 5.20. The zero-order chi connectivity index (χ0) is 14.7. The summed E-state index contributed by atoms with van der Waals surface area (Å²) in [5.41, 5.74) is 3.69. The summed E-state index contributed by atoms with van der Waals surface area (Å²) in [6.07, 6.45) is 0. The van der Waals surface area contributed by atoms with Crippen LogP contribution in [0.2, 0.25) is 0 Å². The van der Waals surface area contributed by atoms with Crippen molar-refractivity contribution in [3.8, 4) is 10.6 Å². The lowest BCUT2D eigenvalue weighted by Crippen LogP contribution is -2.21. The second-order valence-electron chi connectivity index (χ2n) is 4.82. The summed E-state index contributed by atoms with van der Waals surface area (Å²) < 4.78 is 0. The lowest BCUT2D eigenvalue weighted by Gasteiger charge is -2.14. The van der Waals surface area contributed by atoms with Crippen molar-refractivity contribution in [2.45, 2.75) is 19.9 Å². The van der Waals surface area contributed by atoms with Gasteiger partial charge < -0.3 is 5.32 Å². The number of hydrogen-bond acceptors (Lipinski definition) is 5. The van der Waals surface area contributed by atoms with Crippen LogP contribution in [0.15, 0.2) is 41.1 Å². The Labute approximate surface area is 132 Å². The molecule has 0 saturated carbocycles. The van der Waals surface area contributed by atoms with Crippen molar-refractivity contribution in [2.24, 2.45) is 0 Å². The highest BCUT2D eigenvalue weighted by Crippen LogP contribution is 2.33. The van der Waals surface area contributed by atoms with Crippen LogP contribution in [0.5, 0.6) is 0 Å². The van der Waals surface area contributed by atoms with E-state index in [2.05, 4.69) is 64.4 Å². The van der Waals surface area contributed by atoms with Crippen molar-refractivity contribution in [1.29, 1.82) is 0 Å². The van der Waals surface area contributed by atoms with Crippen LogP contribution in [0.1, 0.15) is 29.1 Å². The van der Waals surface area contributed by atoms with Gasteiger partial charge in [0, 0.05) is 10.9 Å². The van der Waals surface area contributed by atoms with Crippen molar-refractivity contribution in [3.63, 3.8) is 0 Å². The molecule has 0 bridgehead atoms. The topological polar surface area (TPSA) is 37.8 Å². The molecule has 0 saturated heterocycles. The normalized spacial score (nSPS) is 12.5. The Morgan fingerprint density at radius 3 is 2.62 bits per heavy atom. The number of thiophene rings is 1. The molecule has 2 heterocycles. The summed E-state index contributed by atoms with van der Waals surface area (Å²) in [5.74, 6) is 0. The molecule has 3 nitrogen and oxygen atoms in total. The van der Waals surface area contributed by atoms with Gasteiger partial charge in [-0.05, 0) is 30.0 Å². The van der Waals surface area contributed by atoms with Gasteiger partial charge in [0.15, 0.2) is 0 Å². The molecule has 1 aromatic carbocycles. The molecule has 0 spiro atoms. The Hall–Kier alpha value is -1.56. The predicted molar refractivity (Wildman–Crippen MR) is 89.9 cm³/mol. The van der Waals surface area contributed by atoms with E-state index in [1.54, 1.807) is 22.7 Å². The third kappa shape index (κ3) is 3.05. The minimum atomic E-state index is 0.112. The first-order valence-corrected chi connectivity index (χ1v) is 8.70. The van der Waals surface area contributed by atoms with Gasteiger partial charge in [-0.3, -0.25) is 0 Å². The molecule has 1 unspecified atom stereocenters. The average molecular weight is 315 g/mol. The van der Waals surface area contributed by atoms with Gasteiger partial charge in [0.25, 0.3) is 0 Å². The molecule has 0 fully saturated rings. The Bertz CT molecular complexity index is 703. The van der Waals surface area contributed by atoms with E-state index in [-0.39, 0.29) is 6.04 Å². The van der Waals surface area contributed by atoms with E-state index in [0.29, 0.717) is 0 Å². The monoisotopic (exact) mass is 315 g/mol. The number of rotatable bonds is 5. The molecule has 0 aliphatic heterocycles. The van der Waals surface area contributed by atoms with Crippen LogP contribution < -0.4 is 5.32 Å². The molecule has 0 amide bonds. The van der Waals surface area contributed by atoms with Crippen molar-refractivity contribution in [2.75, 3.05) is 6.54 Å². The van der Waals surface area contributed by atoms with E-state index in [0.717, 1.165) is 16.6 Å². The van der Waals surface area contributed by atoms with Crippen molar-refractivity contribution in [3.05, 3.63) is 57.2 Å². The van der Waals surface area contributed by atoms with Crippen LogP contribution in [0.4, 0.5) is 0 Å². The Morgan fingerprint density at radius 2 is 1.95 bits per heavy atom. The van der Waals surface area contributed by atoms with Crippen LogP contribution in [-0.2, 0) is 0 Å². The second-order valence-corrected chi connectivity index (χ2v) is 6.57. The van der Waals surface area contributed by atoms with Gasteiger partial charge in [-0.25, -0.2) is 0 Å². The minimum absolute atomic E-state index is 0.112. The SMILES string of the molecule is CCNC(c1ccccc1)c1nnc(-c2cscc2C)s1. The summed E-state index contributed by atoms with van der Waals surface area (Å²) in [6, 6.07) is 10.5. The summed E-state index contributed by atoms with van der Waals surface area (Å²) in [7, 11) is 0. The Balaban J connectivity index is 1.94. The number of hydrogen-bond donors (Lipinski definition) is 1. The quantitative estimate of drug-likeness (QED) is 0.764. The van der Waals surface area contributed by atoms with Crippen LogP contribution >= 0.6 is 22.7 Å². The molecule has 1 atom stereocenters. The van der Waals surface area contributed by atoms with E-state index < -0.39 is 0 Å². The maximum atomic E-state index is 4.42. The van der Waals surface area contributed by atoms with Crippen molar-refractivity contribution < 1.29 is 0 Å². The molecule has 0 radical (unpaired) electrons. The zero-order valence-electron chi connectivity index (χ0n) is 12.0. The summed E-state index contributed by atoms with van der Waals surface area (Å²) in [4.78, 5) is 0. The molecular weight excluding hydrogens is 298 g/mol. The molecule has 3 rings (SSSR count). The lowest BCUT2D eigenvalue weighted by atomic mass is 10.1. The maximum absolute atomic E-state index is 4.42. The standard InChI is InChI=1S/C16H17N3S2/c1-3-17-14(12-7-5-4-6-8-12)16-19-18-15(21-16)13-10-20-9-11(13)2/h4-10,14,17H,3H2,1-2H3. The maximum Gasteiger partial charge on any atom is 0.148 e. The minimum Gasteiger partial charge on any atom is -0.304 e. The van der Waals surface area contributed by atoms with Gasteiger partial charge in [0.1, 0.15) is 10.0 Å². The number of benzene rings is 1.